The van der Waals surface area contributed by atoms with Crippen LogP contribution in [0.15, 0.2) is 78.0 Å². The van der Waals surface area contributed by atoms with Crippen molar-refractivity contribution in [2.45, 2.75) is 17.4 Å². The smallest absolute Gasteiger partial charge is 0.322 e. The fraction of sp³-hybridized carbons (Fsp3) is 0.167. The molecule has 1 unspecified atom stereocenters. The highest BCUT2D eigenvalue weighted by Gasteiger charge is 2.27. The minimum Gasteiger partial charge on any atom is -0.480 e. The summed E-state index contributed by atoms with van der Waals surface area (Å²) in [6, 6.07) is 16.5. The Labute approximate surface area is 186 Å². The van der Waals surface area contributed by atoms with Gasteiger partial charge in [0.15, 0.2) is 0 Å². The van der Waals surface area contributed by atoms with Crippen molar-refractivity contribution in [2.24, 2.45) is 0 Å². The largest absolute Gasteiger partial charge is 0.480 e. The molecular formula is C24H23N3O4S. The van der Waals surface area contributed by atoms with Crippen LogP contribution in [-0.2, 0) is 21.2 Å². The summed E-state index contributed by atoms with van der Waals surface area (Å²) in [5.74, 6) is -1.25. The van der Waals surface area contributed by atoms with Crippen LogP contribution in [0, 0.1) is 0 Å². The topological polar surface area (TPSA) is 99.6 Å². The maximum atomic E-state index is 13.3. The summed E-state index contributed by atoms with van der Waals surface area (Å²) >= 11 is 0. The van der Waals surface area contributed by atoms with Crippen LogP contribution in [0.4, 0.5) is 5.69 Å². The van der Waals surface area contributed by atoms with Gasteiger partial charge < -0.3 is 10.0 Å². The number of sulfonamides is 1. The molecule has 0 saturated carbocycles. The number of nitrogens with zero attached hydrogens (tertiary/aromatic N) is 2. The zero-order valence-electron chi connectivity index (χ0n) is 17.7. The summed E-state index contributed by atoms with van der Waals surface area (Å²) in [7, 11) is -0.353. The lowest BCUT2D eigenvalue weighted by atomic mass is 10.0. The fourth-order valence-electron chi connectivity index (χ4n) is 3.88. The Morgan fingerprint density at radius 2 is 1.66 bits per heavy atom. The molecule has 4 aromatic rings. The molecule has 0 aliphatic carbocycles. The van der Waals surface area contributed by atoms with Crippen LogP contribution >= 0.6 is 0 Å². The predicted octanol–water partition coefficient (Wildman–Crippen LogP) is 3.43. The Kier molecular flexibility index (Phi) is 5.82. The molecule has 0 fully saturated rings. The first-order valence-electron chi connectivity index (χ1n) is 10.0. The summed E-state index contributed by atoms with van der Waals surface area (Å²) in [4.78, 5) is 18.1. The van der Waals surface area contributed by atoms with Crippen molar-refractivity contribution in [3.63, 3.8) is 0 Å². The number of fused-ring (bicyclic) bond motifs is 2. The highest BCUT2D eigenvalue weighted by atomic mass is 32.2. The van der Waals surface area contributed by atoms with Crippen LogP contribution in [0.2, 0.25) is 0 Å². The van der Waals surface area contributed by atoms with Gasteiger partial charge >= 0.3 is 5.97 Å². The molecule has 164 valence electrons. The number of pyridine rings is 1. The third-order valence-electron chi connectivity index (χ3n) is 5.40. The van der Waals surface area contributed by atoms with E-state index >= 15 is 0 Å². The number of carboxylic acids is 1. The lowest BCUT2D eigenvalue weighted by Gasteiger charge is -2.19. The van der Waals surface area contributed by atoms with Gasteiger partial charge in [-0.25, -0.2) is 8.42 Å². The van der Waals surface area contributed by atoms with Crippen molar-refractivity contribution in [1.82, 2.24) is 9.71 Å². The Morgan fingerprint density at radius 1 is 0.969 bits per heavy atom. The van der Waals surface area contributed by atoms with E-state index in [2.05, 4.69) is 9.71 Å². The second-order valence-corrected chi connectivity index (χ2v) is 9.44. The second kappa shape index (κ2) is 8.57. The molecule has 3 aromatic carbocycles. The molecule has 4 rings (SSSR count). The second-order valence-electron chi connectivity index (χ2n) is 7.76. The first-order chi connectivity index (χ1) is 15.3. The molecule has 0 aliphatic rings. The molecule has 8 heteroatoms. The number of hydrogen-bond donors (Lipinski definition) is 2. The van der Waals surface area contributed by atoms with Crippen molar-refractivity contribution in [1.29, 1.82) is 0 Å². The number of rotatable bonds is 7. The zero-order chi connectivity index (χ0) is 22.9. The van der Waals surface area contributed by atoms with Gasteiger partial charge in [0.2, 0.25) is 10.0 Å². The van der Waals surface area contributed by atoms with E-state index in [4.69, 9.17) is 0 Å². The average molecular weight is 450 g/mol. The summed E-state index contributed by atoms with van der Waals surface area (Å²) in [6.07, 6.45) is 3.24. The third kappa shape index (κ3) is 4.15. The van der Waals surface area contributed by atoms with E-state index < -0.39 is 22.0 Å². The molecule has 32 heavy (non-hydrogen) atoms. The number of anilines is 1. The van der Waals surface area contributed by atoms with Gasteiger partial charge in [-0.05, 0) is 23.1 Å². The molecule has 0 spiro atoms. The Morgan fingerprint density at radius 3 is 2.41 bits per heavy atom. The number of aromatic nitrogens is 1. The average Bonchev–Trinajstić information content (AvgIpc) is 2.77. The Bertz CT molecular complexity index is 1410. The predicted molar refractivity (Wildman–Crippen MR) is 125 cm³/mol. The highest BCUT2D eigenvalue weighted by molar-refractivity contribution is 7.89. The van der Waals surface area contributed by atoms with Crippen LogP contribution in [0.25, 0.3) is 21.5 Å². The lowest BCUT2D eigenvalue weighted by Crippen LogP contribution is -2.42. The number of aliphatic carboxylic acids is 1. The van der Waals surface area contributed by atoms with Crippen LogP contribution in [0.3, 0.4) is 0 Å². The normalized spacial score (nSPS) is 12.7. The summed E-state index contributed by atoms with van der Waals surface area (Å²) in [5.41, 5.74) is 1.53. The summed E-state index contributed by atoms with van der Waals surface area (Å²) in [6.45, 7) is 0. The molecule has 1 atom stereocenters. The van der Waals surface area contributed by atoms with Gasteiger partial charge in [-0.15, -0.1) is 0 Å². The van der Waals surface area contributed by atoms with Gasteiger partial charge in [0.05, 0.1) is 4.90 Å². The van der Waals surface area contributed by atoms with Crippen LogP contribution in [0.5, 0.6) is 0 Å². The molecule has 0 saturated heterocycles. The highest BCUT2D eigenvalue weighted by Crippen LogP contribution is 2.30. The van der Waals surface area contributed by atoms with Gasteiger partial charge in [-0.1, -0.05) is 48.5 Å². The molecule has 0 aliphatic heterocycles. The van der Waals surface area contributed by atoms with E-state index in [1.165, 1.54) is 6.07 Å². The van der Waals surface area contributed by atoms with Crippen molar-refractivity contribution in [3.05, 3.63) is 78.6 Å². The number of carbonyl (C=O) groups is 1. The van der Waals surface area contributed by atoms with E-state index in [9.17, 15) is 18.3 Å². The first kappa shape index (κ1) is 21.7. The number of benzene rings is 3. The quantitative estimate of drug-likeness (QED) is 0.448. The lowest BCUT2D eigenvalue weighted by molar-refractivity contribution is -0.138. The Balaban J connectivity index is 1.72. The Hall–Kier alpha value is -3.49. The molecule has 0 radical (unpaired) electrons. The summed E-state index contributed by atoms with van der Waals surface area (Å²) < 4.78 is 29.0. The van der Waals surface area contributed by atoms with Gasteiger partial charge in [0.25, 0.3) is 0 Å². The number of nitrogens with one attached hydrogen (secondary N) is 1. The van der Waals surface area contributed by atoms with E-state index in [0.717, 1.165) is 21.8 Å². The molecular weight excluding hydrogens is 426 g/mol. The summed E-state index contributed by atoms with van der Waals surface area (Å²) in [5, 5.41) is 12.8. The van der Waals surface area contributed by atoms with Crippen molar-refractivity contribution >= 4 is 43.2 Å². The van der Waals surface area contributed by atoms with Crippen LogP contribution < -0.4 is 9.62 Å². The minimum atomic E-state index is -4.12. The van der Waals surface area contributed by atoms with E-state index in [-0.39, 0.29) is 11.3 Å². The van der Waals surface area contributed by atoms with Gasteiger partial charge in [0, 0.05) is 54.8 Å². The fourth-order valence-corrected chi connectivity index (χ4v) is 5.29. The molecule has 0 bridgehead atoms. The third-order valence-corrected chi connectivity index (χ3v) is 6.93. The minimum absolute atomic E-state index is 0.0311. The van der Waals surface area contributed by atoms with Crippen LogP contribution in [-0.4, -0.2) is 44.6 Å². The number of carboxylic acid groups (broad SMARTS) is 1. The van der Waals surface area contributed by atoms with E-state index in [1.807, 2.05) is 55.4 Å². The maximum absolute atomic E-state index is 13.3. The SMILES string of the molecule is CN(C)c1cccc2c(S(=O)(=O)NC(Cc3cncc4ccccc34)C(=O)O)cccc12. The van der Waals surface area contributed by atoms with Gasteiger partial charge in [-0.2, -0.15) is 4.72 Å². The van der Waals surface area contributed by atoms with E-state index in [1.54, 1.807) is 30.6 Å². The van der Waals surface area contributed by atoms with Gasteiger partial charge in [0.1, 0.15) is 6.04 Å². The molecule has 1 aromatic heterocycles. The standard InChI is InChI=1S/C24H23N3O4S/c1-27(2)22-11-5-10-20-19(22)9-6-12-23(20)32(30,31)26-21(24(28)29)13-17-15-25-14-16-7-3-4-8-18(16)17/h3-12,14-15,21,26H,13H2,1-2H3,(H,28,29). The van der Waals surface area contributed by atoms with E-state index in [0.29, 0.717) is 10.9 Å². The van der Waals surface area contributed by atoms with Crippen LogP contribution in [0.1, 0.15) is 5.56 Å². The number of hydrogen-bond acceptors (Lipinski definition) is 5. The van der Waals surface area contributed by atoms with Crippen molar-refractivity contribution in [2.75, 3.05) is 19.0 Å². The maximum Gasteiger partial charge on any atom is 0.322 e. The molecule has 2 N–H and O–H groups in total. The van der Waals surface area contributed by atoms with Crippen molar-refractivity contribution < 1.29 is 18.3 Å². The molecule has 0 amide bonds. The molecule has 1 heterocycles. The monoisotopic (exact) mass is 449 g/mol. The van der Waals surface area contributed by atoms with Gasteiger partial charge in [-0.3, -0.25) is 9.78 Å². The molecule has 7 nitrogen and oxygen atoms in total. The first-order valence-corrected chi connectivity index (χ1v) is 11.5. The van der Waals surface area contributed by atoms with Crippen molar-refractivity contribution in [3.8, 4) is 0 Å². The zero-order valence-corrected chi connectivity index (χ0v) is 18.5.